The van der Waals surface area contributed by atoms with Gasteiger partial charge in [-0.25, -0.2) is 16.8 Å². The van der Waals surface area contributed by atoms with Gasteiger partial charge in [0.25, 0.3) is 0 Å². The second kappa shape index (κ2) is 9.88. The largest absolute Gasteiger partial charge is 0.224 e. The molecule has 0 heterocycles. The van der Waals surface area contributed by atoms with E-state index in [1.54, 1.807) is 12.1 Å². The van der Waals surface area contributed by atoms with Gasteiger partial charge < -0.3 is 0 Å². The van der Waals surface area contributed by atoms with Crippen LogP contribution in [0.1, 0.15) is 43.4 Å². The van der Waals surface area contributed by atoms with E-state index in [2.05, 4.69) is 0 Å². The summed E-state index contributed by atoms with van der Waals surface area (Å²) in [4.78, 5) is 0.0831. The minimum absolute atomic E-state index is 0.00716. The highest BCUT2D eigenvalue weighted by molar-refractivity contribution is 7.91. The summed E-state index contributed by atoms with van der Waals surface area (Å²) >= 11 is 0. The van der Waals surface area contributed by atoms with Crippen molar-refractivity contribution in [2.75, 3.05) is 11.5 Å². The number of nitriles is 2. The summed E-state index contributed by atoms with van der Waals surface area (Å²) in [7, 11) is -7.19. The minimum Gasteiger partial charge on any atom is -0.224 e. The Balaban J connectivity index is 2.20. The number of benzene rings is 2. The van der Waals surface area contributed by atoms with Crippen molar-refractivity contribution in [1.82, 2.24) is 0 Å². The average Bonchev–Trinajstić information content (AvgIpc) is 2.72. The maximum absolute atomic E-state index is 12.7. The number of hydrogen-bond donors (Lipinski definition) is 0. The highest BCUT2D eigenvalue weighted by Gasteiger charge is 2.22. The van der Waals surface area contributed by atoms with Crippen LogP contribution in [0.4, 0.5) is 0 Å². The lowest BCUT2D eigenvalue weighted by Crippen LogP contribution is -2.12. The highest BCUT2D eigenvalue weighted by atomic mass is 32.2. The molecule has 0 bridgehead atoms. The van der Waals surface area contributed by atoms with Gasteiger partial charge in [0.1, 0.15) is 6.07 Å². The summed E-state index contributed by atoms with van der Waals surface area (Å²) in [6.45, 7) is 3.87. The predicted molar refractivity (Wildman–Crippen MR) is 114 cm³/mol. The van der Waals surface area contributed by atoms with Gasteiger partial charge in [-0.1, -0.05) is 32.0 Å². The van der Waals surface area contributed by atoms with Crippen molar-refractivity contribution in [1.29, 1.82) is 10.5 Å². The van der Waals surface area contributed by atoms with E-state index < -0.39 is 19.7 Å². The molecule has 2 rings (SSSR count). The Hall–Kier alpha value is -2.68. The highest BCUT2D eigenvalue weighted by Crippen LogP contribution is 2.23. The molecule has 6 nitrogen and oxygen atoms in total. The van der Waals surface area contributed by atoms with Crippen LogP contribution < -0.4 is 0 Å². The van der Waals surface area contributed by atoms with Gasteiger partial charge >= 0.3 is 0 Å². The standard InChI is InChI=1S/C22H24N2O4S2/c1-17(2)11-13-30(27,28)22-10-4-7-19(21(22)16-24)8-5-12-29(25,26)20-9-3-6-18(14-20)15-23/h3-4,6-7,9-10,14,17H,5,8,11-13H2,1-2H3. The van der Waals surface area contributed by atoms with Crippen LogP contribution in [0.5, 0.6) is 0 Å². The number of rotatable bonds is 9. The third kappa shape index (κ3) is 5.91. The van der Waals surface area contributed by atoms with E-state index in [0.29, 0.717) is 12.0 Å². The Morgan fingerprint density at radius 2 is 1.60 bits per heavy atom. The van der Waals surface area contributed by atoms with Gasteiger partial charge in [0, 0.05) is 0 Å². The topological polar surface area (TPSA) is 116 Å². The molecule has 0 saturated carbocycles. The van der Waals surface area contributed by atoms with Crippen molar-refractivity contribution in [2.24, 2.45) is 5.92 Å². The van der Waals surface area contributed by atoms with Crippen molar-refractivity contribution in [3.05, 3.63) is 59.2 Å². The molecule has 0 aliphatic rings. The van der Waals surface area contributed by atoms with E-state index >= 15 is 0 Å². The first-order chi connectivity index (χ1) is 14.1. The molecule has 0 radical (unpaired) electrons. The fourth-order valence-electron chi connectivity index (χ4n) is 3.00. The average molecular weight is 445 g/mol. The number of hydrogen-bond acceptors (Lipinski definition) is 6. The first-order valence-electron chi connectivity index (χ1n) is 9.58. The zero-order chi connectivity index (χ0) is 22.4. The van der Waals surface area contributed by atoms with E-state index in [0.717, 1.165) is 0 Å². The van der Waals surface area contributed by atoms with E-state index in [1.807, 2.05) is 26.0 Å². The van der Waals surface area contributed by atoms with E-state index in [4.69, 9.17) is 5.26 Å². The molecule has 0 aromatic heterocycles. The van der Waals surface area contributed by atoms with Crippen molar-refractivity contribution in [2.45, 2.75) is 42.9 Å². The molecule has 2 aromatic carbocycles. The van der Waals surface area contributed by atoms with E-state index in [9.17, 15) is 22.1 Å². The zero-order valence-electron chi connectivity index (χ0n) is 17.0. The van der Waals surface area contributed by atoms with Crippen LogP contribution in [0.3, 0.4) is 0 Å². The Bertz CT molecular complexity index is 1200. The second-order valence-corrected chi connectivity index (χ2v) is 11.7. The van der Waals surface area contributed by atoms with Crippen LogP contribution in [0.2, 0.25) is 0 Å². The third-order valence-corrected chi connectivity index (χ3v) is 8.29. The van der Waals surface area contributed by atoms with Crippen LogP contribution in [0, 0.1) is 28.6 Å². The Labute approximate surface area is 178 Å². The van der Waals surface area contributed by atoms with Gasteiger partial charge in [0.05, 0.1) is 38.5 Å². The number of nitrogens with zero attached hydrogens (tertiary/aromatic N) is 2. The molecule has 0 atom stereocenters. The molecular formula is C22H24N2O4S2. The quantitative estimate of drug-likeness (QED) is 0.583. The number of sulfone groups is 2. The van der Waals surface area contributed by atoms with Gasteiger partial charge in [-0.2, -0.15) is 10.5 Å². The lowest BCUT2D eigenvalue weighted by atomic mass is 10.0. The molecule has 0 aliphatic heterocycles. The fraction of sp³-hybridized carbons (Fsp3) is 0.364. The van der Waals surface area contributed by atoms with Crippen LogP contribution in [-0.2, 0) is 26.1 Å². The molecule has 0 fully saturated rings. The minimum atomic E-state index is -3.60. The summed E-state index contributed by atoms with van der Waals surface area (Å²) in [5, 5.41) is 18.5. The fourth-order valence-corrected chi connectivity index (χ4v) is 6.13. The molecule has 158 valence electrons. The lowest BCUT2D eigenvalue weighted by molar-refractivity contribution is 0.573. The van der Waals surface area contributed by atoms with Crippen LogP contribution >= 0.6 is 0 Å². The first-order valence-corrected chi connectivity index (χ1v) is 12.9. The Morgan fingerprint density at radius 1 is 0.900 bits per heavy atom. The molecule has 0 unspecified atom stereocenters. The van der Waals surface area contributed by atoms with E-state index in [-0.39, 0.29) is 51.2 Å². The summed E-state index contributed by atoms with van der Waals surface area (Å²) < 4.78 is 50.4. The monoisotopic (exact) mass is 444 g/mol. The van der Waals surface area contributed by atoms with Gasteiger partial charge in [-0.3, -0.25) is 0 Å². The van der Waals surface area contributed by atoms with Crippen LogP contribution in [0.25, 0.3) is 0 Å². The molecule has 8 heteroatoms. The van der Waals surface area contributed by atoms with Gasteiger partial charge in [0.15, 0.2) is 19.7 Å². The van der Waals surface area contributed by atoms with Crippen molar-refractivity contribution < 1.29 is 16.8 Å². The lowest BCUT2D eigenvalue weighted by Gasteiger charge is -2.11. The SMILES string of the molecule is CC(C)CCS(=O)(=O)c1cccc(CCCS(=O)(=O)c2cccc(C#N)c2)c1C#N. The van der Waals surface area contributed by atoms with Crippen LogP contribution in [-0.4, -0.2) is 28.3 Å². The molecular weight excluding hydrogens is 420 g/mol. The third-order valence-electron chi connectivity index (χ3n) is 4.70. The molecule has 0 aliphatic carbocycles. The number of aryl methyl sites for hydroxylation is 1. The van der Waals surface area contributed by atoms with Crippen LogP contribution in [0.15, 0.2) is 52.3 Å². The van der Waals surface area contributed by atoms with Gasteiger partial charge in [-0.15, -0.1) is 0 Å². The molecule has 30 heavy (non-hydrogen) atoms. The summed E-state index contributed by atoms with van der Waals surface area (Å²) in [5.41, 5.74) is 0.872. The van der Waals surface area contributed by atoms with Crippen molar-refractivity contribution >= 4 is 19.7 Å². The molecule has 0 N–H and O–H groups in total. The maximum Gasteiger partial charge on any atom is 0.179 e. The summed E-state index contributed by atoms with van der Waals surface area (Å²) in [6.07, 6.45) is 0.980. The maximum atomic E-state index is 12.7. The molecule has 0 amide bonds. The van der Waals surface area contributed by atoms with Gasteiger partial charge in [0.2, 0.25) is 0 Å². The van der Waals surface area contributed by atoms with Crippen molar-refractivity contribution in [3.63, 3.8) is 0 Å². The van der Waals surface area contributed by atoms with Gasteiger partial charge in [-0.05, 0) is 55.0 Å². The molecule has 0 spiro atoms. The summed E-state index contributed by atoms with van der Waals surface area (Å²) in [6, 6.07) is 14.4. The zero-order valence-corrected chi connectivity index (χ0v) is 18.6. The predicted octanol–water partition coefficient (Wildman–Crippen LogP) is 3.66. The summed E-state index contributed by atoms with van der Waals surface area (Å²) in [5.74, 6) is 0.0157. The second-order valence-electron chi connectivity index (χ2n) is 7.47. The molecule has 0 saturated heterocycles. The smallest absolute Gasteiger partial charge is 0.179 e. The Morgan fingerprint density at radius 3 is 2.23 bits per heavy atom. The normalized spacial score (nSPS) is 11.8. The van der Waals surface area contributed by atoms with Crippen molar-refractivity contribution in [3.8, 4) is 12.1 Å². The Kier molecular flexibility index (Phi) is 7.77. The molecule has 2 aromatic rings. The first kappa shape index (κ1) is 23.6. The van der Waals surface area contributed by atoms with E-state index in [1.165, 1.54) is 30.3 Å².